The van der Waals surface area contributed by atoms with Gasteiger partial charge in [0.15, 0.2) is 17.1 Å². The molecule has 0 amide bonds. The zero-order chi connectivity index (χ0) is 24.1. The van der Waals surface area contributed by atoms with Crippen molar-refractivity contribution < 1.29 is 28.5 Å². The van der Waals surface area contributed by atoms with E-state index in [9.17, 15) is 9.59 Å². The zero-order valence-electron chi connectivity index (χ0n) is 18.2. The summed E-state index contributed by atoms with van der Waals surface area (Å²) in [6, 6.07) is 11.9. The maximum Gasteiger partial charge on any atom is 0.334 e. The van der Waals surface area contributed by atoms with Gasteiger partial charge in [0.25, 0.3) is 0 Å². The number of morpholine rings is 1. The Balaban J connectivity index is 1.36. The summed E-state index contributed by atoms with van der Waals surface area (Å²) < 4.78 is 23.6. The minimum atomic E-state index is -0.951. The molecule has 1 aliphatic heterocycles. The molecular weight excluding hydrogens is 530 g/mol. The van der Waals surface area contributed by atoms with Gasteiger partial charge in [-0.15, -0.1) is 0 Å². The molecule has 1 aromatic heterocycles. The Morgan fingerprint density at radius 3 is 2.88 bits per heavy atom. The number of benzene rings is 2. The summed E-state index contributed by atoms with van der Waals surface area (Å²) >= 11 is 9.68. The van der Waals surface area contributed by atoms with E-state index in [-0.39, 0.29) is 12.0 Å². The molecule has 0 saturated carbocycles. The first-order valence-corrected chi connectivity index (χ1v) is 11.9. The van der Waals surface area contributed by atoms with Crippen LogP contribution in [0.15, 0.2) is 56.1 Å². The maximum atomic E-state index is 12.6. The van der Waals surface area contributed by atoms with E-state index in [2.05, 4.69) is 15.9 Å². The highest BCUT2D eigenvalue weighted by atomic mass is 79.9. The highest BCUT2D eigenvalue weighted by molar-refractivity contribution is 9.10. The lowest BCUT2D eigenvalue weighted by molar-refractivity contribution is -0.156. The lowest BCUT2D eigenvalue weighted by atomic mass is 10.1. The second-order valence-corrected chi connectivity index (χ2v) is 9.01. The number of fused-ring (bicyclic) bond motifs is 1. The fourth-order valence-electron chi connectivity index (χ4n) is 3.66. The molecule has 0 aliphatic carbocycles. The van der Waals surface area contributed by atoms with E-state index in [4.69, 9.17) is 35.3 Å². The van der Waals surface area contributed by atoms with Crippen molar-refractivity contribution in [3.05, 3.63) is 62.2 Å². The average Bonchev–Trinajstić information content (AvgIpc) is 2.82. The SMILES string of the molecule is O=C(O)C1CN(CCOCCOc2cc(Br)ccc2-c2cc(=O)c3cccc(Cl)c3o2)CCO1. The number of hydrogen-bond acceptors (Lipinski definition) is 7. The molecule has 1 unspecified atom stereocenters. The van der Waals surface area contributed by atoms with Gasteiger partial charge in [-0.2, -0.15) is 0 Å². The van der Waals surface area contributed by atoms with Crippen molar-refractivity contribution >= 4 is 44.5 Å². The monoisotopic (exact) mass is 551 g/mol. The second-order valence-electron chi connectivity index (χ2n) is 7.69. The van der Waals surface area contributed by atoms with E-state index in [1.54, 1.807) is 30.3 Å². The number of rotatable bonds is 9. The third-order valence-corrected chi connectivity index (χ3v) is 6.17. The quantitative estimate of drug-likeness (QED) is 0.397. The summed E-state index contributed by atoms with van der Waals surface area (Å²) in [7, 11) is 0. The van der Waals surface area contributed by atoms with Crippen molar-refractivity contribution in [1.82, 2.24) is 4.90 Å². The Labute approximate surface area is 209 Å². The first-order chi connectivity index (χ1) is 16.4. The van der Waals surface area contributed by atoms with Crippen LogP contribution in [-0.4, -0.2) is 68.1 Å². The lowest BCUT2D eigenvalue weighted by Crippen LogP contribution is -2.47. The minimum Gasteiger partial charge on any atom is -0.490 e. The van der Waals surface area contributed by atoms with Gasteiger partial charge in [0, 0.05) is 30.2 Å². The predicted molar refractivity (Wildman–Crippen MR) is 131 cm³/mol. The van der Waals surface area contributed by atoms with Crippen molar-refractivity contribution in [2.24, 2.45) is 0 Å². The first-order valence-electron chi connectivity index (χ1n) is 10.7. The minimum absolute atomic E-state index is 0.191. The molecule has 1 aliphatic rings. The molecule has 1 atom stereocenters. The standard InChI is InChI=1S/C24H23BrClNO7/c25-15-4-5-17(21-13-19(28)16-2-1-3-18(26)23(16)34-21)20(12-15)33-11-10-31-8-6-27-7-9-32-22(14-27)24(29)30/h1-5,12-13,22H,6-11,14H2,(H,29,30). The van der Waals surface area contributed by atoms with E-state index >= 15 is 0 Å². The number of aliphatic carboxylic acids is 1. The lowest BCUT2D eigenvalue weighted by Gasteiger charge is -2.30. The molecule has 10 heteroatoms. The number of nitrogens with zero attached hydrogens (tertiary/aromatic N) is 1. The molecule has 3 aromatic rings. The van der Waals surface area contributed by atoms with Crippen LogP contribution in [-0.2, 0) is 14.3 Å². The molecule has 4 rings (SSSR count). The van der Waals surface area contributed by atoms with E-state index in [1.165, 1.54) is 6.07 Å². The maximum absolute atomic E-state index is 12.6. The van der Waals surface area contributed by atoms with Crippen LogP contribution < -0.4 is 10.2 Å². The smallest absolute Gasteiger partial charge is 0.334 e. The Morgan fingerprint density at radius 1 is 1.21 bits per heavy atom. The number of ether oxygens (including phenoxy) is 3. The van der Waals surface area contributed by atoms with E-state index in [1.807, 2.05) is 11.0 Å². The van der Waals surface area contributed by atoms with Crippen LogP contribution in [0.25, 0.3) is 22.3 Å². The third-order valence-electron chi connectivity index (χ3n) is 5.38. The van der Waals surface area contributed by atoms with Crippen LogP contribution in [0, 0.1) is 0 Å². The van der Waals surface area contributed by atoms with Crippen molar-refractivity contribution in [3.8, 4) is 17.1 Å². The van der Waals surface area contributed by atoms with Gasteiger partial charge < -0.3 is 23.7 Å². The summed E-state index contributed by atoms with van der Waals surface area (Å²) in [5.41, 5.74) is 0.761. The molecule has 2 aromatic carbocycles. The summed E-state index contributed by atoms with van der Waals surface area (Å²) in [4.78, 5) is 25.7. The molecule has 0 bridgehead atoms. The number of hydrogen-bond donors (Lipinski definition) is 1. The van der Waals surface area contributed by atoms with E-state index in [0.717, 1.165) is 4.47 Å². The van der Waals surface area contributed by atoms with Gasteiger partial charge >= 0.3 is 5.97 Å². The number of carboxylic acids is 1. The average molecular weight is 553 g/mol. The number of carbonyl (C=O) groups is 1. The highest BCUT2D eigenvalue weighted by Crippen LogP contribution is 2.34. The van der Waals surface area contributed by atoms with Crippen molar-refractivity contribution in [2.75, 3.05) is 46.1 Å². The molecule has 34 heavy (non-hydrogen) atoms. The molecule has 2 heterocycles. The van der Waals surface area contributed by atoms with E-state index in [0.29, 0.717) is 72.5 Å². The van der Waals surface area contributed by atoms with E-state index < -0.39 is 12.1 Å². The van der Waals surface area contributed by atoms with Crippen LogP contribution in [0.4, 0.5) is 0 Å². The Hall–Kier alpha value is -2.43. The van der Waals surface area contributed by atoms with Gasteiger partial charge in [0.05, 0.1) is 35.8 Å². The fourth-order valence-corrected chi connectivity index (χ4v) is 4.21. The molecule has 8 nitrogen and oxygen atoms in total. The van der Waals surface area contributed by atoms with Gasteiger partial charge in [-0.1, -0.05) is 33.6 Å². The van der Waals surface area contributed by atoms with Gasteiger partial charge in [-0.05, 0) is 30.3 Å². The Kier molecular flexibility index (Phi) is 8.23. The number of para-hydroxylation sites is 1. The van der Waals surface area contributed by atoms with Crippen LogP contribution in [0.5, 0.6) is 5.75 Å². The number of carboxylic acid groups (broad SMARTS) is 1. The van der Waals surface area contributed by atoms with Crippen molar-refractivity contribution in [2.45, 2.75) is 6.10 Å². The van der Waals surface area contributed by atoms with Gasteiger partial charge in [0.1, 0.15) is 18.1 Å². The third kappa shape index (κ3) is 5.97. The Morgan fingerprint density at radius 2 is 2.06 bits per heavy atom. The normalized spacial score (nSPS) is 16.6. The topological polar surface area (TPSA) is 98.4 Å². The van der Waals surface area contributed by atoms with Crippen LogP contribution in [0.3, 0.4) is 0 Å². The fraction of sp³-hybridized carbons (Fsp3) is 0.333. The van der Waals surface area contributed by atoms with Gasteiger partial charge in [-0.3, -0.25) is 9.69 Å². The Bertz CT molecular complexity index is 1230. The van der Waals surface area contributed by atoms with Crippen LogP contribution >= 0.6 is 27.5 Å². The summed E-state index contributed by atoms with van der Waals surface area (Å²) in [6.45, 7) is 3.08. The van der Waals surface area contributed by atoms with Crippen LogP contribution in [0.2, 0.25) is 5.02 Å². The van der Waals surface area contributed by atoms with Crippen molar-refractivity contribution in [3.63, 3.8) is 0 Å². The van der Waals surface area contributed by atoms with Crippen LogP contribution in [0.1, 0.15) is 0 Å². The predicted octanol–water partition coefficient (Wildman–Crippen LogP) is 4.06. The van der Waals surface area contributed by atoms with Gasteiger partial charge in [0.2, 0.25) is 0 Å². The molecule has 180 valence electrons. The molecule has 1 saturated heterocycles. The summed E-state index contributed by atoms with van der Waals surface area (Å²) in [5.74, 6) is -0.0623. The second kappa shape index (κ2) is 11.3. The molecule has 1 fully saturated rings. The first kappa shape index (κ1) is 24.7. The molecule has 0 spiro atoms. The van der Waals surface area contributed by atoms with Gasteiger partial charge in [-0.25, -0.2) is 4.79 Å². The zero-order valence-corrected chi connectivity index (χ0v) is 20.5. The number of halogens is 2. The molecule has 1 N–H and O–H groups in total. The molecule has 0 radical (unpaired) electrons. The summed E-state index contributed by atoms with van der Waals surface area (Å²) in [6.07, 6.45) is -0.794. The highest BCUT2D eigenvalue weighted by Gasteiger charge is 2.25. The van der Waals surface area contributed by atoms with Crippen molar-refractivity contribution in [1.29, 1.82) is 0 Å². The molecular formula is C24H23BrClNO7. The largest absolute Gasteiger partial charge is 0.490 e. The summed E-state index contributed by atoms with van der Waals surface area (Å²) in [5, 5.41) is 9.85.